The molecule has 1 amide bonds. The van der Waals surface area contributed by atoms with Gasteiger partial charge in [0.05, 0.1) is 7.05 Å². The van der Waals surface area contributed by atoms with Crippen LogP contribution < -0.4 is 4.90 Å². The number of aromatic nitrogens is 4. The van der Waals surface area contributed by atoms with Gasteiger partial charge in [0.25, 0.3) is 5.95 Å². The molecule has 1 unspecified atom stereocenters. The number of tetrazole rings is 1. The predicted molar refractivity (Wildman–Crippen MR) is 54.3 cm³/mol. The highest BCUT2D eigenvalue weighted by Crippen LogP contribution is 2.23. The van der Waals surface area contributed by atoms with Crippen LogP contribution in [0.2, 0.25) is 0 Å². The Balaban J connectivity index is 2.24. The van der Waals surface area contributed by atoms with Crippen molar-refractivity contribution in [2.45, 2.75) is 11.7 Å². The van der Waals surface area contributed by atoms with Crippen molar-refractivity contribution in [1.82, 2.24) is 20.2 Å². The molecule has 16 heavy (non-hydrogen) atoms. The van der Waals surface area contributed by atoms with E-state index in [0.717, 1.165) is 4.90 Å². The van der Waals surface area contributed by atoms with Crippen LogP contribution in [-0.2, 0) is 20.9 Å². The van der Waals surface area contributed by atoms with Crippen molar-refractivity contribution >= 4 is 31.6 Å². The number of amides is 1. The Kier molecular flexibility index (Phi) is 2.58. The number of hydrogen-bond donors (Lipinski definition) is 0. The summed E-state index contributed by atoms with van der Waals surface area (Å²) in [6.07, 6.45) is -0.149. The second-order valence-corrected chi connectivity index (χ2v) is 6.29. The summed E-state index contributed by atoms with van der Waals surface area (Å²) in [7, 11) is 3.00. The minimum absolute atomic E-state index is 0.0314. The van der Waals surface area contributed by atoms with E-state index in [-0.39, 0.29) is 24.8 Å². The van der Waals surface area contributed by atoms with Gasteiger partial charge in [-0.05, 0) is 5.21 Å². The Morgan fingerprint density at radius 1 is 1.50 bits per heavy atom. The molecule has 1 aliphatic rings. The van der Waals surface area contributed by atoms with E-state index in [9.17, 15) is 13.2 Å². The first-order chi connectivity index (χ1) is 7.38. The lowest BCUT2D eigenvalue weighted by atomic mass is 10.4. The van der Waals surface area contributed by atoms with Crippen LogP contribution in [0.3, 0.4) is 0 Å². The average molecular weight is 266 g/mol. The van der Waals surface area contributed by atoms with E-state index in [2.05, 4.69) is 15.4 Å². The van der Waals surface area contributed by atoms with Gasteiger partial charge in [-0.3, -0.25) is 9.69 Å². The molecule has 1 aromatic rings. The lowest BCUT2D eigenvalue weighted by molar-refractivity contribution is -0.117. The van der Waals surface area contributed by atoms with Crippen molar-refractivity contribution in [3.05, 3.63) is 0 Å². The fraction of sp³-hybridized carbons (Fsp3) is 0.667. The molecule has 1 aliphatic heterocycles. The molecule has 10 heteroatoms. The monoisotopic (exact) mass is 265 g/mol. The van der Waals surface area contributed by atoms with E-state index in [0.29, 0.717) is 0 Å². The Labute approximate surface area is 95.6 Å². The summed E-state index contributed by atoms with van der Waals surface area (Å²) in [6.45, 7) is -0.0314. The maximum absolute atomic E-state index is 11.5. The van der Waals surface area contributed by atoms with Gasteiger partial charge in [0.1, 0.15) is 5.25 Å². The molecule has 0 N–H and O–H groups in total. The van der Waals surface area contributed by atoms with Gasteiger partial charge in [0.15, 0.2) is 0 Å². The molecule has 0 aromatic carbocycles. The third-order valence-electron chi connectivity index (χ3n) is 2.23. The molecule has 1 atom stereocenters. The molecule has 0 radical (unpaired) electrons. The molecule has 1 aromatic heterocycles. The summed E-state index contributed by atoms with van der Waals surface area (Å²) in [5, 5.41) is 10.1. The number of aryl methyl sites for hydroxylation is 1. The topological polar surface area (TPSA) is 98.0 Å². The Bertz CT molecular complexity index is 526. The first-order valence-corrected chi connectivity index (χ1v) is 6.73. The second kappa shape index (κ2) is 3.67. The fourth-order valence-electron chi connectivity index (χ4n) is 1.44. The van der Waals surface area contributed by atoms with Crippen molar-refractivity contribution in [2.75, 3.05) is 11.4 Å². The third kappa shape index (κ3) is 2.00. The molecule has 0 saturated carbocycles. The maximum Gasteiger partial charge on any atom is 0.272 e. The van der Waals surface area contributed by atoms with Crippen LogP contribution in [-0.4, -0.2) is 46.3 Å². The van der Waals surface area contributed by atoms with Crippen LogP contribution in [0.25, 0.3) is 0 Å². The normalized spacial score (nSPS) is 21.8. The van der Waals surface area contributed by atoms with Gasteiger partial charge < -0.3 is 0 Å². The molecular formula is C6H8ClN5O3S. The van der Waals surface area contributed by atoms with Crippen molar-refractivity contribution < 1.29 is 13.2 Å². The number of anilines is 1. The van der Waals surface area contributed by atoms with Gasteiger partial charge in [-0.15, -0.1) is 5.10 Å². The van der Waals surface area contributed by atoms with Crippen molar-refractivity contribution in [3.63, 3.8) is 0 Å². The maximum atomic E-state index is 11.5. The molecule has 8 nitrogen and oxygen atoms in total. The van der Waals surface area contributed by atoms with E-state index < -0.39 is 14.3 Å². The van der Waals surface area contributed by atoms with Crippen molar-refractivity contribution in [2.24, 2.45) is 7.05 Å². The quantitative estimate of drug-likeness (QED) is 0.629. The van der Waals surface area contributed by atoms with Crippen LogP contribution in [0.15, 0.2) is 0 Å². The molecule has 0 bridgehead atoms. The largest absolute Gasteiger partial charge is 0.277 e. The SMILES string of the molecule is Cn1nnc(N2CC(S(=O)(=O)Cl)CC2=O)n1. The Morgan fingerprint density at radius 3 is 2.62 bits per heavy atom. The van der Waals surface area contributed by atoms with Gasteiger partial charge in [-0.25, -0.2) is 8.42 Å². The van der Waals surface area contributed by atoms with Crippen LogP contribution >= 0.6 is 10.7 Å². The zero-order valence-corrected chi connectivity index (χ0v) is 9.81. The number of hydrogen-bond acceptors (Lipinski definition) is 6. The Morgan fingerprint density at radius 2 is 2.19 bits per heavy atom. The van der Waals surface area contributed by atoms with E-state index in [1.165, 1.54) is 4.80 Å². The van der Waals surface area contributed by atoms with Crippen LogP contribution in [0.1, 0.15) is 6.42 Å². The second-order valence-electron chi connectivity index (χ2n) is 3.38. The van der Waals surface area contributed by atoms with E-state index in [1.807, 2.05) is 0 Å². The number of carbonyl (C=O) groups is 1. The number of rotatable bonds is 2. The van der Waals surface area contributed by atoms with E-state index in [1.54, 1.807) is 7.05 Å². The summed E-state index contributed by atoms with van der Waals surface area (Å²) in [6, 6.07) is 0. The number of carbonyl (C=O) groups excluding carboxylic acids is 1. The van der Waals surface area contributed by atoms with Gasteiger partial charge in [-0.1, -0.05) is 5.10 Å². The smallest absolute Gasteiger partial charge is 0.272 e. The zero-order valence-electron chi connectivity index (χ0n) is 8.24. The van der Waals surface area contributed by atoms with Gasteiger partial charge in [-0.2, -0.15) is 4.80 Å². The molecular weight excluding hydrogens is 258 g/mol. The van der Waals surface area contributed by atoms with E-state index in [4.69, 9.17) is 10.7 Å². The predicted octanol–water partition coefficient (Wildman–Crippen LogP) is -1.12. The minimum Gasteiger partial charge on any atom is -0.277 e. The lowest BCUT2D eigenvalue weighted by Gasteiger charge is -2.09. The standard InChI is InChI=1S/C6H8ClN5O3S/c1-11-9-6(8-10-11)12-3-4(2-5(12)13)16(7,14)15/h4H,2-3H2,1H3. The van der Waals surface area contributed by atoms with Crippen molar-refractivity contribution in [1.29, 1.82) is 0 Å². The van der Waals surface area contributed by atoms with Crippen LogP contribution in [0, 0.1) is 0 Å². The molecule has 2 rings (SSSR count). The number of halogens is 1. The fourth-order valence-corrected chi connectivity index (χ4v) is 2.47. The van der Waals surface area contributed by atoms with Gasteiger partial charge in [0.2, 0.25) is 15.0 Å². The summed E-state index contributed by atoms with van der Waals surface area (Å²) < 4.78 is 22.2. The molecule has 1 saturated heterocycles. The highest BCUT2D eigenvalue weighted by Gasteiger charge is 2.39. The van der Waals surface area contributed by atoms with E-state index >= 15 is 0 Å². The lowest BCUT2D eigenvalue weighted by Crippen LogP contribution is -2.27. The first-order valence-electron chi connectivity index (χ1n) is 4.36. The highest BCUT2D eigenvalue weighted by atomic mass is 35.7. The Hall–Kier alpha value is -1.22. The molecule has 88 valence electrons. The third-order valence-corrected chi connectivity index (χ3v) is 4.09. The number of nitrogens with zero attached hydrogens (tertiary/aromatic N) is 5. The molecule has 1 fully saturated rings. The highest BCUT2D eigenvalue weighted by molar-refractivity contribution is 8.14. The summed E-state index contributed by atoms with van der Waals surface area (Å²) in [4.78, 5) is 13.9. The van der Waals surface area contributed by atoms with Crippen molar-refractivity contribution in [3.8, 4) is 0 Å². The average Bonchev–Trinajstić information content (AvgIpc) is 2.70. The summed E-state index contributed by atoms with van der Waals surface area (Å²) in [5.74, 6) is -0.280. The molecule has 2 heterocycles. The molecule has 0 spiro atoms. The van der Waals surface area contributed by atoms with Crippen LogP contribution in [0.4, 0.5) is 5.95 Å². The van der Waals surface area contributed by atoms with Crippen LogP contribution in [0.5, 0.6) is 0 Å². The molecule has 0 aliphatic carbocycles. The summed E-state index contributed by atoms with van der Waals surface area (Å²) >= 11 is 0. The van der Waals surface area contributed by atoms with Gasteiger partial charge in [0, 0.05) is 23.6 Å². The van der Waals surface area contributed by atoms with Gasteiger partial charge >= 0.3 is 0 Å². The zero-order chi connectivity index (χ0) is 11.9. The summed E-state index contributed by atoms with van der Waals surface area (Å²) in [5.41, 5.74) is 0. The minimum atomic E-state index is -3.74. The first kappa shape index (κ1) is 11.3.